The molecule has 184 valence electrons. The van der Waals surface area contributed by atoms with Gasteiger partial charge in [-0.05, 0) is 48.7 Å². The quantitative estimate of drug-likeness (QED) is 0.665. The molecule has 6 heteroatoms. The lowest BCUT2D eigenvalue weighted by atomic mass is 10.0. The van der Waals surface area contributed by atoms with Crippen LogP contribution in [0.4, 0.5) is 5.69 Å². The number of aliphatic hydroxyl groups excluding tert-OH is 1. The third kappa shape index (κ3) is 7.15. The van der Waals surface area contributed by atoms with Gasteiger partial charge in [-0.25, -0.2) is 0 Å². The Labute approximate surface area is 204 Å². The number of fused-ring (bicyclic) bond motifs is 1. The summed E-state index contributed by atoms with van der Waals surface area (Å²) in [6.07, 6.45) is 5.60. The van der Waals surface area contributed by atoms with Crippen LogP contribution in [0, 0.1) is 5.92 Å². The van der Waals surface area contributed by atoms with Crippen LogP contribution in [0.5, 0.6) is 0 Å². The average molecular weight is 466 g/mol. The van der Waals surface area contributed by atoms with Gasteiger partial charge in [-0.2, -0.15) is 0 Å². The van der Waals surface area contributed by atoms with E-state index in [1.165, 1.54) is 12.8 Å². The van der Waals surface area contributed by atoms with E-state index in [0.29, 0.717) is 25.2 Å². The van der Waals surface area contributed by atoms with Crippen LogP contribution in [0.15, 0.2) is 48.5 Å². The van der Waals surface area contributed by atoms with Crippen LogP contribution in [-0.4, -0.2) is 48.1 Å². The summed E-state index contributed by atoms with van der Waals surface area (Å²) in [6, 6.07) is 15.5. The number of amides is 2. The van der Waals surface area contributed by atoms with Crippen LogP contribution in [0.2, 0.25) is 0 Å². The highest BCUT2D eigenvalue weighted by atomic mass is 16.3. The summed E-state index contributed by atoms with van der Waals surface area (Å²) in [4.78, 5) is 30.1. The van der Waals surface area contributed by atoms with Crippen molar-refractivity contribution < 1.29 is 14.7 Å². The lowest BCUT2D eigenvalue weighted by Crippen LogP contribution is -2.37. The number of anilines is 1. The summed E-state index contributed by atoms with van der Waals surface area (Å²) in [5.41, 5.74) is 3.45. The zero-order valence-corrected chi connectivity index (χ0v) is 20.6. The Balaban J connectivity index is 1.92. The minimum absolute atomic E-state index is 0.0955. The van der Waals surface area contributed by atoms with Crippen molar-refractivity contribution in [3.63, 3.8) is 0 Å². The number of rotatable bonds is 6. The predicted octanol–water partition coefficient (Wildman–Crippen LogP) is 4.36. The molecule has 0 unspecified atom stereocenters. The number of hydrogen-bond donors (Lipinski definition) is 2. The molecule has 0 radical (unpaired) electrons. The molecule has 0 aliphatic carbocycles. The number of carbonyl (C=O) groups excluding carboxylic acids is 2. The third-order valence-electron chi connectivity index (χ3n) is 6.30. The normalized spacial score (nSPS) is 15.2. The van der Waals surface area contributed by atoms with E-state index in [1.54, 1.807) is 4.90 Å². The number of nitrogens with one attached hydrogen (secondary N) is 1. The summed E-state index contributed by atoms with van der Waals surface area (Å²) >= 11 is 0. The van der Waals surface area contributed by atoms with Crippen LogP contribution in [0.1, 0.15) is 67.4 Å². The van der Waals surface area contributed by atoms with Gasteiger partial charge in [0.2, 0.25) is 5.91 Å². The lowest BCUT2D eigenvalue weighted by molar-refractivity contribution is -0.121. The minimum Gasteiger partial charge on any atom is -0.395 e. The number of hydrogen-bond acceptors (Lipinski definition) is 4. The molecule has 0 spiro atoms. The maximum absolute atomic E-state index is 13.4. The molecule has 2 aromatic rings. The summed E-state index contributed by atoms with van der Waals surface area (Å²) in [5.74, 6) is -0.0992. The molecule has 2 N–H and O–H groups in total. The highest BCUT2D eigenvalue weighted by Gasteiger charge is 2.23. The van der Waals surface area contributed by atoms with E-state index in [2.05, 4.69) is 5.32 Å². The predicted molar refractivity (Wildman–Crippen MR) is 137 cm³/mol. The van der Waals surface area contributed by atoms with E-state index in [-0.39, 0.29) is 30.9 Å². The molecule has 0 bridgehead atoms. The molecule has 1 aliphatic rings. The first kappa shape index (κ1) is 25.9. The average Bonchev–Trinajstić information content (AvgIpc) is 2.84. The summed E-state index contributed by atoms with van der Waals surface area (Å²) in [5, 5.41) is 13.1. The maximum atomic E-state index is 13.4. The fraction of sp³-hybridized carbons (Fsp3) is 0.500. The minimum atomic E-state index is -0.117. The second kappa shape index (κ2) is 13.3. The van der Waals surface area contributed by atoms with Gasteiger partial charge in [0.1, 0.15) is 0 Å². The van der Waals surface area contributed by atoms with Crippen molar-refractivity contribution in [2.24, 2.45) is 5.92 Å². The zero-order chi connectivity index (χ0) is 24.3. The van der Waals surface area contributed by atoms with E-state index < -0.39 is 0 Å². The molecule has 3 rings (SSSR count). The summed E-state index contributed by atoms with van der Waals surface area (Å²) < 4.78 is 0. The monoisotopic (exact) mass is 465 g/mol. The topological polar surface area (TPSA) is 72.9 Å². The first-order valence-electron chi connectivity index (χ1n) is 12.6. The van der Waals surface area contributed by atoms with E-state index in [1.807, 2.05) is 67.3 Å². The molecule has 0 aromatic heterocycles. The molecule has 0 fully saturated rings. The van der Waals surface area contributed by atoms with Crippen molar-refractivity contribution in [1.82, 2.24) is 10.2 Å². The Morgan fingerprint density at radius 3 is 2.50 bits per heavy atom. The SMILES string of the molecule is CC(C)C(=O)N1CCCCCCCNCc2cc(C(=O)N(CCO)Cc3ccccc3)ccc21. The molecule has 0 atom stereocenters. The van der Waals surface area contributed by atoms with Crippen molar-refractivity contribution >= 4 is 17.5 Å². The maximum Gasteiger partial charge on any atom is 0.254 e. The first-order valence-corrected chi connectivity index (χ1v) is 12.6. The zero-order valence-electron chi connectivity index (χ0n) is 20.6. The molecule has 1 heterocycles. The van der Waals surface area contributed by atoms with Crippen LogP contribution in [-0.2, 0) is 17.9 Å². The van der Waals surface area contributed by atoms with Gasteiger partial charge >= 0.3 is 0 Å². The molecule has 2 aromatic carbocycles. The van der Waals surface area contributed by atoms with E-state index >= 15 is 0 Å². The van der Waals surface area contributed by atoms with Crippen molar-refractivity contribution in [2.75, 3.05) is 31.1 Å². The number of nitrogens with zero attached hydrogens (tertiary/aromatic N) is 2. The molecule has 6 nitrogen and oxygen atoms in total. The van der Waals surface area contributed by atoms with Crippen molar-refractivity contribution in [1.29, 1.82) is 0 Å². The Kier molecular flexibility index (Phi) is 10.1. The van der Waals surface area contributed by atoms with Gasteiger partial charge in [-0.3, -0.25) is 9.59 Å². The van der Waals surface area contributed by atoms with Crippen LogP contribution >= 0.6 is 0 Å². The molecule has 34 heavy (non-hydrogen) atoms. The summed E-state index contributed by atoms with van der Waals surface area (Å²) in [6.45, 7) is 6.70. The number of benzene rings is 2. The Hall–Kier alpha value is -2.70. The third-order valence-corrected chi connectivity index (χ3v) is 6.30. The van der Waals surface area contributed by atoms with Crippen molar-refractivity contribution in [3.05, 3.63) is 65.2 Å². The second-order valence-corrected chi connectivity index (χ2v) is 9.37. The van der Waals surface area contributed by atoms with Crippen LogP contribution < -0.4 is 10.2 Å². The second-order valence-electron chi connectivity index (χ2n) is 9.37. The van der Waals surface area contributed by atoms with Crippen molar-refractivity contribution in [3.8, 4) is 0 Å². The molecule has 0 saturated carbocycles. The van der Waals surface area contributed by atoms with Gasteiger partial charge in [0.05, 0.1) is 6.61 Å². The Bertz CT molecular complexity index is 930. The van der Waals surface area contributed by atoms with Gasteiger partial charge < -0.3 is 20.2 Å². The first-order chi connectivity index (χ1) is 16.5. The molecule has 1 aliphatic heterocycles. The Morgan fingerprint density at radius 1 is 1.03 bits per heavy atom. The molecular formula is C28H39N3O3. The van der Waals surface area contributed by atoms with E-state index in [4.69, 9.17) is 0 Å². The molecule has 2 amide bonds. The van der Waals surface area contributed by atoms with E-state index in [0.717, 1.165) is 42.6 Å². The van der Waals surface area contributed by atoms with Crippen LogP contribution in [0.3, 0.4) is 0 Å². The fourth-order valence-electron chi connectivity index (χ4n) is 4.42. The largest absolute Gasteiger partial charge is 0.395 e. The van der Waals surface area contributed by atoms with Gasteiger partial charge in [0.25, 0.3) is 5.91 Å². The van der Waals surface area contributed by atoms with Gasteiger partial charge in [-0.1, -0.05) is 63.4 Å². The van der Waals surface area contributed by atoms with E-state index in [9.17, 15) is 14.7 Å². The summed E-state index contributed by atoms with van der Waals surface area (Å²) in [7, 11) is 0. The van der Waals surface area contributed by atoms with Gasteiger partial charge in [0, 0.05) is 43.3 Å². The molecule has 0 saturated heterocycles. The van der Waals surface area contributed by atoms with Gasteiger partial charge in [0.15, 0.2) is 0 Å². The highest BCUT2D eigenvalue weighted by molar-refractivity contribution is 5.98. The lowest BCUT2D eigenvalue weighted by Gasteiger charge is -2.28. The fourth-order valence-corrected chi connectivity index (χ4v) is 4.42. The van der Waals surface area contributed by atoms with Crippen LogP contribution in [0.25, 0.3) is 0 Å². The highest BCUT2D eigenvalue weighted by Crippen LogP contribution is 2.26. The molecular weight excluding hydrogens is 426 g/mol. The van der Waals surface area contributed by atoms with Crippen molar-refractivity contribution in [2.45, 2.75) is 59.0 Å². The van der Waals surface area contributed by atoms with Gasteiger partial charge in [-0.15, -0.1) is 0 Å². The number of carbonyl (C=O) groups is 2. The number of aliphatic hydroxyl groups is 1. The smallest absolute Gasteiger partial charge is 0.254 e. The Morgan fingerprint density at radius 2 is 1.76 bits per heavy atom. The standard InChI is InChI=1S/C28H39N3O3/c1-22(2)27(33)31-16-10-5-3-4-9-15-29-20-25-19-24(13-14-26(25)31)28(34)30(17-18-32)21-23-11-7-6-8-12-23/h6-8,11-14,19,22,29,32H,3-5,9-10,15-18,20-21H2,1-2H3.